The molecular formula is C23H24N4O3. The van der Waals surface area contributed by atoms with Crippen LogP contribution in [0.1, 0.15) is 28.5 Å². The molecule has 30 heavy (non-hydrogen) atoms. The average molecular weight is 404 g/mol. The molecule has 154 valence electrons. The molecule has 7 heteroatoms. The molecule has 2 heterocycles. The van der Waals surface area contributed by atoms with Gasteiger partial charge >= 0.3 is 5.97 Å². The highest BCUT2D eigenvalue weighted by molar-refractivity contribution is 5.92. The lowest BCUT2D eigenvalue weighted by atomic mass is 10.1. The molecule has 0 aliphatic carbocycles. The van der Waals surface area contributed by atoms with Gasteiger partial charge in [0.1, 0.15) is 12.1 Å². The third-order valence-corrected chi connectivity index (χ3v) is 4.89. The van der Waals surface area contributed by atoms with E-state index in [-0.39, 0.29) is 5.69 Å². The molecule has 0 amide bonds. The molecule has 1 aliphatic rings. The topological polar surface area (TPSA) is 80.0 Å². The van der Waals surface area contributed by atoms with Crippen LogP contribution in [-0.4, -0.2) is 42.4 Å². The standard InChI is InChI=1S/C23H24N4O3/c1-4-29-23(28)20-14-30-22(26-20)16-7-5-15(6-8-16)13-24-18-10-9-17-11-21(27(2)3)25-19(17)12-18/h5-10,12,14,24H,4,11,13H2,1-3H3. The van der Waals surface area contributed by atoms with Gasteiger partial charge in [-0.2, -0.15) is 0 Å². The van der Waals surface area contributed by atoms with Crippen LogP contribution in [0.15, 0.2) is 58.1 Å². The fourth-order valence-electron chi connectivity index (χ4n) is 3.21. The predicted molar refractivity (Wildman–Crippen MR) is 116 cm³/mol. The van der Waals surface area contributed by atoms with Gasteiger partial charge in [-0.05, 0) is 42.3 Å². The summed E-state index contributed by atoms with van der Waals surface area (Å²) in [5, 5.41) is 3.44. The number of rotatable bonds is 6. The maximum absolute atomic E-state index is 11.7. The van der Waals surface area contributed by atoms with Crippen LogP contribution in [0.3, 0.4) is 0 Å². The lowest BCUT2D eigenvalue weighted by Gasteiger charge is -2.10. The summed E-state index contributed by atoms with van der Waals surface area (Å²) in [6.07, 6.45) is 2.20. The van der Waals surface area contributed by atoms with E-state index in [4.69, 9.17) is 14.1 Å². The van der Waals surface area contributed by atoms with Gasteiger partial charge in [0.2, 0.25) is 5.89 Å². The van der Waals surface area contributed by atoms with E-state index in [1.807, 2.05) is 38.4 Å². The van der Waals surface area contributed by atoms with Crippen molar-refractivity contribution in [2.24, 2.45) is 4.99 Å². The van der Waals surface area contributed by atoms with Gasteiger partial charge in [-0.25, -0.2) is 14.8 Å². The summed E-state index contributed by atoms with van der Waals surface area (Å²) in [6.45, 7) is 2.74. The second-order valence-corrected chi connectivity index (χ2v) is 7.25. The Kier molecular flexibility index (Phi) is 5.52. The zero-order valence-corrected chi connectivity index (χ0v) is 17.3. The van der Waals surface area contributed by atoms with Crippen LogP contribution in [0.25, 0.3) is 11.5 Å². The largest absolute Gasteiger partial charge is 0.461 e. The van der Waals surface area contributed by atoms with E-state index in [9.17, 15) is 4.79 Å². The molecule has 0 saturated carbocycles. The minimum atomic E-state index is -0.482. The zero-order valence-electron chi connectivity index (χ0n) is 17.3. The summed E-state index contributed by atoms with van der Waals surface area (Å²) >= 11 is 0. The Morgan fingerprint density at radius 1 is 1.20 bits per heavy atom. The van der Waals surface area contributed by atoms with Crippen molar-refractivity contribution in [3.8, 4) is 11.5 Å². The number of hydrogen-bond acceptors (Lipinski definition) is 7. The first-order chi connectivity index (χ1) is 14.5. The Morgan fingerprint density at radius 2 is 2.00 bits per heavy atom. The average Bonchev–Trinajstić information content (AvgIpc) is 3.40. The van der Waals surface area contributed by atoms with Crippen LogP contribution in [0.2, 0.25) is 0 Å². The maximum atomic E-state index is 11.7. The number of ether oxygens (including phenoxy) is 1. The molecule has 0 saturated heterocycles. The number of likely N-dealkylation sites (N-methyl/N-ethyl adjacent to an activating group) is 1. The number of esters is 1. The first kappa shape index (κ1) is 19.7. The number of anilines is 1. The molecule has 0 fully saturated rings. The Labute approximate surface area is 175 Å². The molecule has 0 unspecified atom stereocenters. The number of aliphatic imine (C=N–C) groups is 1. The first-order valence-electron chi connectivity index (χ1n) is 9.87. The molecule has 1 aliphatic heterocycles. The lowest BCUT2D eigenvalue weighted by Crippen LogP contribution is -2.21. The number of carbonyl (C=O) groups excluding carboxylic acids is 1. The summed E-state index contributed by atoms with van der Waals surface area (Å²) in [5.41, 5.74) is 5.41. The summed E-state index contributed by atoms with van der Waals surface area (Å²) in [4.78, 5) is 22.7. The van der Waals surface area contributed by atoms with Gasteiger partial charge in [0, 0.05) is 38.3 Å². The van der Waals surface area contributed by atoms with Crippen molar-refractivity contribution in [2.45, 2.75) is 19.9 Å². The van der Waals surface area contributed by atoms with E-state index in [0.29, 0.717) is 19.0 Å². The van der Waals surface area contributed by atoms with Crippen molar-refractivity contribution in [1.82, 2.24) is 9.88 Å². The van der Waals surface area contributed by atoms with Gasteiger partial charge in [-0.15, -0.1) is 0 Å². The SMILES string of the molecule is CCOC(=O)c1coc(-c2ccc(CNc3ccc4c(c3)N=C(N(C)C)C4)cc2)n1. The monoisotopic (exact) mass is 404 g/mol. The van der Waals surface area contributed by atoms with Gasteiger partial charge in [0.05, 0.1) is 12.3 Å². The number of aromatic nitrogens is 1. The van der Waals surface area contributed by atoms with Crippen molar-refractivity contribution in [3.05, 3.63) is 65.5 Å². The molecule has 1 N–H and O–H groups in total. The number of amidine groups is 1. The molecule has 2 aromatic carbocycles. The van der Waals surface area contributed by atoms with Crippen molar-refractivity contribution >= 4 is 23.2 Å². The van der Waals surface area contributed by atoms with Crippen LogP contribution in [0.5, 0.6) is 0 Å². The van der Waals surface area contributed by atoms with Gasteiger partial charge in [0.15, 0.2) is 5.69 Å². The minimum Gasteiger partial charge on any atom is -0.461 e. The summed E-state index contributed by atoms with van der Waals surface area (Å²) in [7, 11) is 4.03. The summed E-state index contributed by atoms with van der Waals surface area (Å²) < 4.78 is 10.3. The quantitative estimate of drug-likeness (QED) is 0.618. The Bertz CT molecular complexity index is 1080. The van der Waals surface area contributed by atoms with E-state index >= 15 is 0 Å². The third kappa shape index (κ3) is 4.20. The van der Waals surface area contributed by atoms with E-state index in [1.54, 1.807) is 6.92 Å². The number of nitrogens with zero attached hydrogens (tertiary/aromatic N) is 3. The van der Waals surface area contributed by atoms with E-state index in [0.717, 1.165) is 34.8 Å². The van der Waals surface area contributed by atoms with Crippen LogP contribution in [0, 0.1) is 0 Å². The van der Waals surface area contributed by atoms with Gasteiger partial charge in [-0.3, -0.25) is 0 Å². The molecule has 4 rings (SSSR count). The predicted octanol–water partition coefficient (Wildman–Crippen LogP) is 4.28. The molecular weight excluding hydrogens is 380 g/mol. The van der Waals surface area contributed by atoms with Crippen molar-refractivity contribution in [3.63, 3.8) is 0 Å². The number of oxazole rings is 1. The van der Waals surface area contributed by atoms with Gasteiger partial charge < -0.3 is 19.4 Å². The highest BCUT2D eigenvalue weighted by Crippen LogP contribution is 2.30. The van der Waals surface area contributed by atoms with Crippen LogP contribution in [0.4, 0.5) is 11.4 Å². The van der Waals surface area contributed by atoms with Crippen molar-refractivity contribution in [1.29, 1.82) is 0 Å². The number of hydrogen-bond donors (Lipinski definition) is 1. The molecule has 0 radical (unpaired) electrons. The highest BCUT2D eigenvalue weighted by atomic mass is 16.5. The van der Waals surface area contributed by atoms with Gasteiger partial charge in [-0.1, -0.05) is 18.2 Å². The maximum Gasteiger partial charge on any atom is 0.360 e. The minimum absolute atomic E-state index is 0.175. The number of benzene rings is 2. The molecule has 0 bridgehead atoms. The second kappa shape index (κ2) is 8.41. The second-order valence-electron chi connectivity index (χ2n) is 7.25. The van der Waals surface area contributed by atoms with Crippen LogP contribution in [-0.2, 0) is 17.7 Å². The molecule has 1 aromatic heterocycles. The zero-order chi connectivity index (χ0) is 21.1. The van der Waals surface area contributed by atoms with Crippen molar-refractivity contribution in [2.75, 3.05) is 26.0 Å². The van der Waals surface area contributed by atoms with Crippen LogP contribution < -0.4 is 5.32 Å². The Hall–Kier alpha value is -3.61. The van der Waals surface area contributed by atoms with Crippen LogP contribution >= 0.6 is 0 Å². The Balaban J connectivity index is 1.39. The van der Waals surface area contributed by atoms with E-state index in [1.165, 1.54) is 11.8 Å². The first-order valence-corrected chi connectivity index (χ1v) is 9.87. The molecule has 3 aromatic rings. The highest BCUT2D eigenvalue weighted by Gasteiger charge is 2.16. The van der Waals surface area contributed by atoms with E-state index in [2.05, 4.69) is 33.4 Å². The number of fused-ring (bicyclic) bond motifs is 1. The van der Waals surface area contributed by atoms with Crippen molar-refractivity contribution < 1.29 is 13.9 Å². The summed E-state index contributed by atoms with van der Waals surface area (Å²) in [5.74, 6) is 0.992. The fourth-order valence-corrected chi connectivity index (χ4v) is 3.21. The molecule has 0 spiro atoms. The normalized spacial score (nSPS) is 12.3. The van der Waals surface area contributed by atoms with E-state index < -0.39 is 5.97 Å². The Morgan fingerprint density at radius 3 is 2.73 bits per heavy atom. The third-order valence-electron chi connectivity index (χ3n) is 4.89. The summed E-state index contributed by atoms with van der Waals surface area (Å²) in [6, 6.07) is 14.2. The van der Waals surface area contributed by atoms with Gasteiger partial charge in [0.25, 0.3) is 0 Å². The number of carbonyl (C=O) groups is 1. The smallest absolute Gasteiger partial charge is 0.360 e. The lowest BCUT2D eigenvalue weighted by molar-refractivity contribution is 0.0519. The fraction of sp³-hybridized carbons (Fsp3) is 0.261. The molecule has 0 atom stereocenters. The molecule has 7 nitrogen and oxygen atoms in total. The number of nitrogens with one attached hydrogen (secondary N) is 1.